The fourth-order valence-corrected chi connectivity index (χ4v) is 0.332. The maximum Gasteiger partial charge on any atom is 1.00 e. The number of ether oxygens (including phenoxy) is 1. The SMILES string of the molecule is CC(=O)CC(=O)OC(=O)[O-].[Na+]. The van der Waals surface area contributed by atoms with Crippen molar-refractivity contribution in [2.24, 2.45) is 0 Å². The van der Waals surface area contributed by atoms with Crippen LogP contribution in [0.5, 0.6) is 0 Å². The van der Waals surface area contributed by atoms with E-state index in [4.69, 9.17) is 0 Å². The molecule has 0 aromatic heterocycles. The third kappa shape index (κ3) is 9.61. The number of ketones is 1. The molecule has 0 unspecified atom stereocenters. The summed E-state index contributed by atoms with van der Waals surface area (Å²) in [7, 11) is 0. The van der Waals surface area contributed by atoms with E-state index in [9.17, 15) is 19.5 Å². The van der Waals surface area contributed by atoms with Crippen LogP contribution < -0.4 is 34.7 Å². The summed E-state index contributed by atoms with van der Waals surface area (Å²) in [5, 5.41) is 9.53. The zero-order valence-corrected chi connectivity index (χ0v) is 8.25. The summed E-state index contributed by atoms with van der Waals surface area (Å²) in [5.74, 6) is -1.56. The van der Waals surface area contributed by atoms with Gasteiger partial charge in [0.15, 0.2) is 0 Å². The second-order valence-corrected chi connectivity index (χ2v) is 1.60. The zero-order valence-electron chi connectivity index (χ0n) is 6.25. The van der Waals surface area contributed by atoms with E-state index < -0.39 is 24.3 Å². The van der Waals surface area contributed by atoms with Crippen LogP contribution in [0.25, 0.3) is 0 Å². The van der Waals surface area contributed by atoms with E-state index in [0.29, 0.717) is 0 Å². The first-order chi connectivity index (χ1) is 4.52. The molecule has 56 valence electrons. The molecular weight excluding hydrogens is 163 g/mol. The van der Waals surface area contributed by atoms with Crippen molar-refractivity contribution < 1.29 is 53.8 Å². The van der Waals surface area contributed by atoms with Gasteiger partial charge in [-0.2, -0.15) is 0 Å². The Hall–Kier alpha value is -0.390. The predicted molar refractivity (Wildman–Crippen MR) is 26.8 cm³/mol. The molecule has 0 fully saturated rings. The van der Waals surface area contributed by atoms with E-state index in [0.717, 1.165) is 6.92 Å². The van der Waals surface area contributed by atoms with E-state index in [-0.39, 0.29) is 29.6 Å². The number of rotatable bonds is 2. The van der Waals surface area contributed by atoms with Gasteiger partial charge in [-0.15, -0.1) is 0 Å². The average Bonchev–Trinajstić information content (AvgIpc) is 1.58. The van der Waals surface area contributed by atoms with Crippen molar-refractivity contribution in [3.8, 4) is 0 Å². The van der Waals surface area contributed by atoms with Crippen LogP contribution in [0.15, 0.2) is 0 Å². The van der Waals surface area contributed by atoms with Crippen LogP contribution in [-0.4, -0.2) is 17.9 Å². The molecule has 0 saturated heterocycles. The summed E-state index contributed by atoms with van der Waals surface area (Å²) in [6.45, 7) is 1.15. The van der Waals surface area contributed by atoms with Gasteiger partial charge in [0.1, 0.15) is 5.78 Å². The van der Waals surface area contributed by atoms with Crippen LogP contribution in [-0.2, 0) is 14.3 Å². The topological polar surface area (TPSA) is 83.5 Å². The first-order valence-electron chi connectivity index (χ1n) is 2.43. The second-order valence-electron chi connectivity index (χ2n) is 1.60. The standard InChI is InChI=1S/C5H6O5.Na/c1-3(6)2-4(7)10-5(8)9;/h2H2,1H3,(H,8,9);/q;+1/p-1. The summed E-state index contributed by atoms with van der Waals surface area (Å²) in [6, 6.07) is 0. The van der Waals surface area contributed by atoms with E-state index >= 15 is 0 Å². The van der Waals surface area contributed by atoms with Gasteiger partial charge in [-0.25, -0.2) is 0 Å². The maximum absolute atomic E-state index is 10.2. The summed E-state index contributed by atoms with van der Waals surface area (Å²) in [4.78, 5) is 29.8. The molecule has 0 bridgehead atoms. The quantitative estimate of drug-likeness (QED) is 0.237. The number of esters is 1. The molecule has 0 N–H and O–H groups in total. The van der Waals surface area contributed by atoms with Gasteiger partial charge in [0, 0.05) is 0 Å². The van der Waals surface area contributed by atoms with Crippen molar-refractivity contribution in [1.29, 1.82) is 0 Å². The van der Waals surface area contributed by atoms with E-state index in [1.807, 2.05) is 0 Å². The molecule has 0 amide bonds. The summed E-state index contributed by atoms with van der Waals surface area (Å²) in [6.07, 6.45) is -2.47. The van der Waals surface area contributed by atoms with Crippen LogP contribution in [0.1, 0.15) is 13.3 Å². The van der Waals surface area contributed by atoms with Crippen LogP contribution in [0, 0.1) is 0 Å². The fourth-order valence-electron chi connectivity index (χ4n) is 0.332. The number of hydrogen-bond donors (Lipinski definition) is 0. The molecule has 0 spiro atoms. The van der Waals surface area contributed by atoms with Crippen LogP contribution in [0.2, 0.25) is 0 Å². The minimum Gasteiger partial charge on any atom is -0.484 e. The molecule has 0 aromatic rings. The van der Waals surface area contributed by atoms with Crippen molar-refractivity contribution in [2.45, 2.75) is 13.3 Å². The Balaban J connectivity index is 0. The molecule has 0 aliphatic carbocycles. The van der Waals surface area contributed by atoms with Crippen molar-refractivity contribution >= 4 is 17.9 Å². The molecule has 5 nitrogen and oxygen atoms in total. The predicted octanol–water partition coefficient (Wildman–Crippen LogP) is -4.14. The Labute approximate surface area is 85.0 Å². The summed E-state index contributed by atoms with van der Waals surface area (Å²) in [5.41, 5.74) is 0. The molecule has 0 aromatic carbocycles. The Morgan fingerprint density at radius 3 is 2.09 bits per heavy atom. The Morgan fingerprint density at radius 1 is 1.36 bits per heavy atom. The van der Waals surface area contributed by atoms with Gasteiger partial charge in [-0.3, -0.25) is 9.59 Å². The van der Waals surface area contributed by atoms with Gasteiger partial charge in [-0.1, -0.05) is 0 Å². The normalized spacial score (nSPS) is 7.73. The van der Waals surface area contributed by atoms with Gasteiger partial charge in [0.05, 0.1) is 6.42 Å². The van der Waals surface area contributed by atoms with Gasteiger partial charge in [0.2, 0.25) is 5.97 Å². The van der Waals surface area contributed by atoms with E-state index in [1.165, 1.54) is 0 Å². The van der Waals surface area contributed by atoms with Crippen molar-refractivity contribution in [1.82, 2.24) is 0 Å². The smallest absolute Gasteiger partial charge is 0.484 e. The third-order valence-corrected chi connectivity index (χ3v) is 0.590. The average molecular weight is 168 g/mol. The molecular formula is C5H5NaO5. The van der Waals surface area contributed by atoms with Crippen molar-refractivity contribution in [2.75, 3.05) is 0 Å². The van der Waals surface area contributed by atoms with Gasteiger partial charge in [-0.05, 0) is 6.92 Å². The van der Waals surface area contributed by atoms with Gasteiger partial charge >= 0.3 is 29.6 Å². The molecule has 0 rings (SSSR count). The Kier molecular flexibility index (Phi) is 7.60. The number of Topliss-reactive ketones (excluding diaryl/α,β-unsaturated/α-hetero) is 1. The third-order valence-electron chi connectivity index (χ3n) is 0.590. The Bertz CT molecular complexity index is 158. The minimum atomic E-state index is -1.94. The number of carbonyl (C=O) groups excluding carboxylic acids is 3. The zero-order chi connectivity index (χ0) is 8.15. The van der Waals surface area contributed by atoms with Crippen LogP contribution in [0.3, 0.4) is 0 Å². The largest absolute Gasteiger partial charge is 1.00 e. The van der Waals surface area contributed by atoms with E-state index in [1.54, 1.807) is 0 Å². The summed E-state index contributed by atoms with van der Waals surface area (Å²) >= 11 is 0. The molecule has 0 aliphatic rings. The molecule has 6 heteroatoms. The van der Waals surface area contributed by atoms with E-state index in [2.05, 4.69) is 4.74 Å². The molecule has 0 saturated carbocycles. The number of carboxylic acid groups (broad SMARTS) is 1. The monoisotopic (exact) mass is 168 g/mol. The summed E-state index contributed by atoms with van der Waals surface area (Å²) < 4.78 is 3.51. The number of hydrogen-bond acceptors (Lipinski definition) is 5. The molecule has 0 radical (unpaired) electrons. The van der Waals surface area contributed by atoms with Crippen molar-refractivity contribution in [3.05, 3.63) is 0 Å². The number of carbonyl (C=O) groups is 3. The molecule has 0 heterocycles. The van der Waals surface area contributed by atoms with Gasteiger partial charge in [0.25, 0.3) is 6.16 Å². The Morgan fingerprint density at radius 2 is 1.82 bits per heavy atom. The molecule has 11 heavy (non-hydrogen) atoms. The minimum absolute atomic E-state index is 0. The first-order valence-corrected chi connectivity index (χ1v) is 2.43. The molecule has 0 atom stereocenters. The molecule has 0 aliphatic heterocycles. The van der Waals surface area contributed by atoms with Gasteiger partial charge < -0.3 is 14.6 Å². The first kappa shape index (κ1) is 13.2. The fraction of sp³-hybridized carbons (Fsp3) is 0.400. The van der Waals surface area contributed by atoms with Crippen LogP contribution >= 0.6 is 0 Å². The van der Waals surface area contributed by atoms with Crippen molar-refractivity contribution in [3.63, 3.8) is 0 Å². The second kappa shape index (κ2) is 6.33. The maximum atomic E-state index is 10.2. The van der Waals surface area contributed by atoms with Crippen LogP contribution in [0.4, 0.5) is 4.79 Å².